The maximum Gasteiger partial charge on any atom is 0.326 e. The lowest BCUT2D eigenvalue weighted by Gasteiger charge is -2.23. The Hall–Kier alpha value is -1.59. The topological polar surface area (TPSA) is 95.5 Å². The van der Waals surface area contributed by atoms with Gasteiger partial charge in [-0.25, -0.2) is 4.79 Å². The van der Waals surface area contributed by atoms with E-state index in [4.69, 9.17) is 5.11 Å². The average Bonchev–Trinajstić information content (AvgIpc) is 2.24. The molecular formula is C14H26N2O4. The summed E-state index contributed by atoms with van der Waals surface area (Å²) in [5, 5.41) is 14.2. The second kappa shape index (κ2) is 8.55. The van der Waals surface area contributed by atoms with Crippen molar-refractivity contribution < 1.29 is 19.5 Å². The van der Waals surface area contributed by atoms with Crippen molar-refractivity contribution in [1.29, 1.82) is 0 Å². The van der Waals surface area contributed by atoms with Crippen molar-refractivity contribution in [2.24, 2.45) is 11.8 Å². The van der Waals surface area contributed by atoms with E-state index < -0.39 is 24.0 Å². The largest absolute Gasteiger partial charge is 0.480 e. The first-order valence-corrected chi connectivity index (χ1v) is 6.93. The SMILES string of the molecule is CC(=O)N[C@H](CC(C)C)C(=O)N[C@H](CC(C)C)C(=O)O. The van der Waals surface area contributed by atoms with Gasteiger partial charge in [0, 0.05) is 6.92 Å². The maximum atomic E-state index is 12.1. The molecular weight excluding hydrogens is 260 g/mol. The molecule has 0 heterocycles. The molecule has 0 aromatic heterocycles. The van der Waals surface area contributed by atoms with E-state index in [-0.39, 0.29) is 17.7 Å². The second-order valence-electron chi connectivity index (χ2n) is 5.91. The van der Waals surface area contributed by atoms with Crippen molar-refractivity contribution in [3.05, 3.63) is 0 Å². The van der Waals surface area contributed by atoms with Crippen LogP contribution in [0.3, 0.4) is 0 Å². The van der Waals surface area contributed by atoms with Crippen LogP contribution in [-0.4, -0.2) is 35.0 Å². The zero-order chi connectivity index (χ0) is 15.9. The molecule has 0 bridgehead atoms. The summed E-state index contributed by atoms with van der Waals surface area (Å²) in [6.07, 6.45) is 0.828. The molecule has 0 radical (unpaired) electrons. The molecule has 0 spiro atoms. The molecule has 0 saturated heterocycles. The summed E-state index contributed by atoms with van der Waals surface area (Å²) in [5.41, 5.74) is 0. The van der Waals surface area contributed by atoms with E-state index >= 15 is 0 Å². The minimum absolute atomic E-state index is 0.153. The first kappa shape index (κ1) is 18.4. The van der Waals surface area contributed by atoms with Crippen molar-refractivity contribution in [1.82, 2.24) is 10.6 Å². The number of hydrogen-bond acceptors (Lipinski definition) is 3. The number of hydrogen-bond donors (Lipinski definition) is 3. The molecule has 0 rings (SSSR count). The quantitative estimate of drug-likeness (QED) is 0.624. The van der Waals surface area contributed by atoms with Crippen LogP contribution in [-0.2, 0) is 14.4 Å². The molecule has 0 fully saturated rings. The smallest absolute Gasteiger partial charge is 0.326 e. The van der Waals surface area contributed by atoms with Gasteiger partial charge in [-0.05, 0) is 24.7 Å². The third-order valence-corrected chi connectivity index (χ3v) is 2.72. The lowest BCUT2D eigenvalue weighted by molar-refractivity contribution is -0.142. The van der Waals surface area contributed by atoms with E-state index in [9.17, 15) is 14.4 Å². The fraction of sp³-hybridized carbons (Fsp3) is 0.786. The lowest BCUT2D eigenvalue weighted by Crippen LogP contribution is -2.52. The van der Waals surface area contributed by atoms with Crippen molar-refractivity contribution in [2.75, 3.05) is 0 Å². The van der Waals surface area contributed by atoms with Crippen LogP contribution in [0.1, 0.15) is 47.5 Å². The van der Waals surface area contributed by atoms with Gasteiger partial charge in [-0.3, -0.25) is 9.59 Å². The third kappa shape index (κ3) is 7.76. The molecule has 6 nitrogen and oxygen atoms in total. The first-order valence-electron chi connectivity index (χ1n) is 6.93. The molecule has 2 amide bonds. The molecule has 116 valence electrons. The number of amides is 2. The van der Waals surface area contributed by atoms with Crippen LogP contribution < -0.4 is 10.6 Å². The van der Waals surface area contributed by atoms with Crippen LogP contribution in [0.4, 0.5) is 0 Å². The van der Waals surface area contributed by atoms with E-state index in [1.54, 1.807) is 0 Å². The highest BCUT2D eigenvalue weighted by molar-refractivity contribution is 5.89. The highest BCUT2D eigenvalue weighted by Crippen LogP contribution is 2.08. The number of carbonyl (C=O) groups excluding carboxylic acids is 2. The average molecular weight is 286 g/mol. The fourth-order valence-electron chi connectivity index (χ4n) is 1.91. The second-order valence-corrected chi connectivity index (χ2v) is 5.91. The zero-order valence-electron chi connectivity index (χ0n) is 12.9. The van der Waals surface area contributed by atoms with Crippen molar-refractivity contribution in [3.8, 4) is 0 Å². The number of carboxylic acids is 1. The van der Waals surface area contributed by atoms with E-state index in [0.29, 0.717) is 12.8 Å². The Kier molecular flexibility index (Phi) is 7.87. The summed E-state index contributed by atoms with van der Waals surface area (Å²) in [5.74, 6) is -1.44. The minimum atomic E-state index is -1.06. The molecule has 0 aliphatic heterocycles. The van der Waals surface area contributed by atoms with Crippen LogP contribution in [0, 0.1) is 11.8 Å². The molecule has 0 aliphatic rings. The van der Waals surface area contributed by atoms with E-state index in [1.807, 2.05) is 27.7 Å². The Balaban J connectivity index is 4.77. The van der Waals surface area contributed by atoms with Gasteiger partial charge in [-0.15, -0.1) is 0 Å². The first-order chi connectivity index (χ1) is 9.13. The molecule has 0 unspecified atom stereocenters. The third-order valence-electron chi connectivity index (χ3n) is 2.72. The van der Waals surface area contributed by atoms with Crippen molar-refractivity contribution >= 4 is 17.8 Å². The summed E-state index contributed by atoms with van der Waals surface area (Å²) in [4.78, 5) is 34.4. The molecule has 0 aromatic carbocycles. The molecule has 3 N–H and O–H groups in total. The maximum absolute atomic E-state index is 12.1. The predicted octanol–water partition coefficient (Wildman–Crippen LogP) is 1.15. The summed E-state index contributed by atoms with van der Waals surface area (Å²) in [6, 6.07) is -1.62. The van der Waals surface area contributed by atoms with Crippen LogP contribution in [0.15, 0.2) is 0 Å². The summed E-state index contributed by atoms with van der Waals surface area (Å²) < 4.78 is 0. The molecule has 6 heteroatoms. The number of carboxylic acid groups (broad SMARTS) is 1. The van der Waals surface area contributed by atoms with E-state index in [1.165, 1.54) is 6.92 Å². The van der Waals surface area contributed by atoms with Gasteiger partial charge in [0.15, 0.2) is 0 Å². The van der Waals surface area contributed by atoms with Gasteiger partial charge < -0.3 is 15.7 Å². The normalized spacial score (nSPS) is 13.9. The minimum Gasteiger partial charge on any atom is -0.480 e. The monoisotopic (exact) mass is 286 g/mol. The molecule has 0 saturated carbocycles. The number of aliphatic carboxylic acids is 1. The van der Waals surface area contributed by atoms with Gasteiger partial charge >= 0.3 is 5.97 Å². The molecule has 20 heavy (non-hydrogen) atoms. The van der Waals surface area contributed by atoms with Crippen LogP contribution in [0.2, 0.25) is 0 Å². The summed E-state index contributed by atoms with van der Waals surface area (Å²) in [6.45, 7) is 8.99. The van der Waals surface area contributed by atoms with Gasteiger partial charge in [0.05, 0.1) is 0 Å². The Labute approximate surface area is 120 Å². The Morgan fingerprint density at radius 3 is 1.70 bits per heavy atom. The van der Waals surface area contributed by atoms with Gasteiger partial charge in [-0.2, -0.15) is 0 Å². The van der Waals surface area contributed by atoms with Crippen LogP contribution in [0.25, 0.3) is 0 Å². The van der Waals surface area contributed by atoms with Crippen molar-refractivity contribution in [3.63, 3.8) is 0 Å². The van der Waals surface area contributed by atoms with Crippen molar-refractivity contribution in [2.45, 2.75) is 59.5 Å². The zero-order valence-corrected chi connectivity index (χ0v) is 12.9. The standard InChI is InChI=1S/C14H26N2O4/c1-8(2)6-11(15-10(5)17)13(18)16-12(14(19)20)7-9(3)4/h8-9,11-12H,6-7H2,1-5H3,(H,15,17)(H,16,18)(H,19,20)/t11-,12-/m1/s1. The number of rotatable bonds is 8. The summed E-state index contributed by atoms with van der Waals surface area (Å²) in [7, 11) is 0. The highest BCUT2D eigenvalue weighted by atomic mass is 16.4. The van der Waals surface area contributed by atoms with E-state index in [2.05, 4.69) is 10.6 Å². The number of nitrogens with one attached hydrogen (secondary N) is 2. The van der Waals surface area contributed by atoms with Gasteiger partial charge in [0.2, 0.25) is 11.8 Å². The van der Waals surface area contributed by atoms with Gasteiger partial charge in [0.25, 0.3) is 0 Å². The lowest BCUT2D eigenvalue weighted by atomic mass is 10.0. The number of carbonyl (C=O) groups is 3. The Morgan fingerprint density at radius 2 is 1.35 bits per heavy atom. The van der Waals surface area contributed by atoms with Gasteiger partial charge in [0.1, 0.15) is 12.1 Å². The predicted molar refractivity (Wildman–Crippen MR) is 76.1 cm³/mol. The van der Waals surface area contributed by atoms with Crippen LogP contribution in [0.5, 0.6) is 0 Å². The molecule has 2 atom stereocenters. The highest BCUT2D eigenvalue weighted by Gasteiger charge is 2.26. The fourth-order valence-corrected chi connectivity index (χ4v) is 1.91. The Bertz CT molecular complexity index is 353. The van der Waals surface area contributed by atoms with Crippen LogP contribution >= 0.6 is 0 Å². The summed E-state index contributed by atoms with van der Waals surface area (Å²) >= 11 is 0. The molecule has 0 aromatic rings. The van der Waals surface area contributed by atoms with E-state index in [0.717, 1.165) is 0 Å². The molecule has 0 aliphatic carbocycles. The Morgan fingerprint density at radius 1 is 0.900 bits per heavy atom. The van der Waals surface area contributed by atoms with Gasteiger partial charge in [-0.1, -0.05) is 27.7 Å².